The van der Waals surface area contributed by atoms with E-state index in [0.717, 1.165) is 13.1 Å². The summed E-state index contributed by atoms with van der Waals surface area (Å²) in [5.74, 6) is -1.27. The van der Waals surface area contributed by atoms with Crippen LogP contribution in [0.25, 0.3) is 5.76 Å². The van der Waals surface area contributed by atoms with Crippen LogP contribution in [0.5, 0.6) is 11.5 Å². The van der Waals surface area contributed by atoms with E-state index in [1.165, 1.54) is 17.0 Å². The van der Waals surface area contributed by atoms with Crippen LogP contribution >= 0.6 is 11.6 Å². The fourth-order valence-corrected chi connectivity index (χ4v) is 4.20. The molecule has 2 aromatic carbocycles. The smallest absolute Gasteiger partial charge is 0.295 e. The van der Waals surface area contributed by atoms with Crippen molar-refractivity contribution in [2.24, 2.45) is 0 Å². The largest absolute Gasteiger partial charge is 0.508 e. The van der Waals surface area contributed by atoms with E-state index in [9.17, 15) is 19.8 Å². The Morgan fingerprint density at radius 2 is 1.76 bits per heavy atom. The summed E-state index contributed by atoms with van der Waals surface area (Å²) in [7, 11) is 0. The van der Waals surface area contributed by atoms with Gasteiger partial charge in [0.25, 0.3) is 11.7 Å². The van der Waals surface area contributed by atoms with E-state index in [4.69, 9.17) is 16.3 Å². The molecule has 33 heavy (non-hydrogen) atoms. The van der Waals surface area contributed by atoms with Crippen LogP contribution in [0.4, 0.5) is 0 Å². The summed E-state index contributed by atoms with van der Waals surface area (Å²) in [6.07, 6.45) is 0. The van der Waals surface area contributed by atoms with Gasteiger partial charge in [-0.25, -0.2) is 0 Å². The summed E-state index contributed by atoms with van der Waals surface area (Å²) < 4.78 is 5.51. The number of hydrogen-bond donors (Lipinski definition) is 2. The van der Waals surface area contributed by atoms with E-state index >= 15 is 0 Å². The summed E-state index contributed by atoms with van der Waals surface area (Å²) in [6, 6.07) is 10.2. The molecule has 0 spiro atoms. The molecule has 1 amide bonds. The molecule has 1 fully saturated rings. The molecule has 0 aliphatic carbocycles. The Bertz CT molecular complexity index is 1050. The van der Waals surface area contributed by atoms with Gasteiger partial charge in [-0.15, -0.1) is 0 Å². The van der Waals surface area contributed by atoms with Crippen molar-refractivity contribution in [3.63, 3.8) is 0 Å². The van der Waals surface area contributed by atoms with E-state index < -0.39 is 17.7 Å². The number of halogens is 1. The fourth-order valence-electron chi connectivity index (χ4n) is 3.99. The maximum Gasteiger partial charge on any atom is 0.295 e. The number of ketones is 1. The molecule has 176 valence electrons. The van der Waals surface area contributed by atoms with Crippen molar-refractivity contribution in [2.75, 3.05) is 32.8 Å². The van der Waals surface area contributed by atoms with Crippen LogP contribution in [0.3, 0.4) is 0 Å². The summed E-state index contributed by atoms with van der Waals surface area (Å²) >= 11 is 6.35. The van der Waals surface area contributed by atoms with Crippen molar-refractivity contribution in [1.82, 2.24) is 9.80 Å². The number of nitrogens with zero attached hydrogens (tertiary/aromatic N) is 2. The standard InChI is InChI=1S/C25H29ClN2O5/c1-4-27(5-2)13-14-28-22(16-7-9-17(29)10-8-16)21(24(31)25(28)32)23(30)19-15-18(33-6-3)11-12-20(19)26/h7-12,15,22,29-30H,4-6,13-14H2,1-3H3/b23-21+. The lowest BCUT2D eigenvalue weighted by atomic mass is 9.95. The number of carbonyl (C=O) groups excluding carboxylic acids is 2. The lowest BCUT2D eigenvalue weighted by Crippen LogP contribution is -2.38. The van der Waals surface area contributed by atoms with Crippen LogP contribution in [0, 0.1) is 0 Å². The van der Waals surface area contributed by atoms with Crippen molar-refractivity contribution in [2.45, 2.75) is 26.8 Å². The highest BCUT2D eigenvalue weighted by Gasteiger charge is 2.46. The first-order valence-electron chi connectivity index (χ1n) is 11.0. The minimum Gasteiger partial charge on any atom is -0.508 e. The van der Waals surface area contributed by atoms with Gasteiger partial charge >= 0.3 is 0 Å². The van der Waals surface area contributed by atoms with Crippen molar-refractivity contribution in [3.8, 4) is 11.5 Å². The highest BCUT2D eigenvalue weighted by Crippen LogP contribution is 2.41. The van der Waals surface area contributed by atoms with Crippen LogP contribution < -0.4 is 4.74 Å². The molecule has 2 N–H and O–H groups in total. The number of likely N-dealkylation sites (tertiary alicyclic amines) is 1. The van der Waals surface area contributed by atoms with Crippen molar-refractivity contribution in [1.29, 1.82) is 0 Å². The van der Waals surface area contributed by atoms with Gasteiger partial charge < -0.3 is 24.7 Å². The second-order valence-corrected chi connectivity index (χ2v) is 8.09. The molecule has 2 aromatic rings. The fraction of sp³-hybridized carbons (Fsp3) is 0.360. The monoisotopic (exact) mass is 472 g/mol. The molecule has 1 atom stereocenters. The average molecular weight is 473 g/mol. The lowest BCUT2D eigenvalue weighted by molar-refractivity contribution is -0.140. The Morgan fingerprint density at radius 3 is 2.36 bits per heavy atom. The number of likely N-dealkylation sites (N-methyl/N-ethyl adjacent to an activating group) is 1. The number of hydrogen-bond acceptors (Lipinski definition) is 6. The second-order valence-electron chi connectivity index (χ2n) is 7.69. The van der Waals surface area contributed by atoms with Crippen LogP contribution in [0.1, 0.15) is 37.9 Å². The van der Waals surface area contributed by atoms with E-state index in [1.807, 2.05) is 20.8 Å². The first kappa shape index (κ1) is 24.6. The number of phenols is 1. The van der Waals surface area contributed by atoms with Crippen molar-refractivity contribution < 1.29 is 24.5 Å². The van der Waals surface area contributed by atoms with Gasteiger partial charge in [0.2, 0.25) is 0 Å². The Labute approximate surface area is 198 Å². The molecule has 1 unspecified atom stereocenters. The molecule has 0 aromatic heterocycles. The number of benzene rings is 2. The third-order valence-corrected chi connectivity index (χ3v) is 6.13. The Kier molecular flexibility index (Phi) is 8.00. The Balaban J connectivity index is 2.13. The highest BCUT2D eigenvalue weighted by molar-refractivity contribution is 6.47. The van der Waals surface area contributed by atoms with E-state index in [1.54, 1.807) is 30.3 Å². The molecule has 1 aliphatic rings. The van der Waals surface area contributed by atoms with Gasteiger partial charge in [0, 0.05) is 18.7 Å². The van der Waals surface area contributed by atoms with Crippen LogP contribution in [-0.4, -0.2) is 64.5 Å². The molecule has 0 radical (unpaired) electrons. The first-order chi connectivity index (χ1) is 15.8. The molecule has 1 saturated heterocycles. The van der Waals surface area contributed by atoms with E-state index in [2.05, 4.69) is 4.90 Å². The summed E-state index contributed by atoms with van der Waals surface area (Å²) in [6.45, 7) is 8.82. The maximum atomic E-state index is 13.1. The van der Waals surface area contributed by atoms with Gasteiger partial charge in [-0.1, -0.05) is 37.6 Å². The van der Waals surface area contributed by atoms with Gasteiger partial charge in [0.15, 0.2) is 0 Å². The van der Waals surface area contributed by atoms with Gasteiger partial charge in [-0.05, 0) is 55.9 Å². The molecular formula is C25H29ClN2O5. The van der Waals surface area contributed by atoms with Crippen molar-refractivity contribution >= 4 is 29.1 Å². The summed E-state index contributed by atoms with van der Waals surface area (Å²) in [4.78, 5) is 29.8. The zero-order valence-corrected chi connectivity index (χ0v) is 19.8. The van der Waals surface area contributed by atoms with Gasteiger partial charge in [0.1, 0.15) is 17.3 Å². The van der Waals surface area contributed by atoms with E-state index in [-0.39, 0.29) is 27.7 Å². The topological polar surface area (TPSA) is 90.3 Å². The Morgan fingerprint density at radius 1 is 1.09 bits per heavy atom. The SMILES string of the molecule is CCOc1ccc(Cl)c(/C(O)=C2\C(=O)C(=O)N(CCN(CC)CC)C2c2ccc(O)cc2)c1. The predicted molar refractivity (Wildman–Crippen MR) is 128 cm³/mol. The first-order valence-corrected chi connectivity index (χ1v) is 11.4. The number of aromatic hydroxyl groups is 1. The average Bonchev–Trinajstić information content (AvgIpc) is 3.06. The number of aliphatic hydroxyl groups is 1. The maximum absolute atomic E-state index is 13.1. The molecule has 1 heterocycles. The molecule has 1 aliphatic heterocycles. The zero-order valence-electron chi connectivity index (χ0n) is 19.0. The number of Topliss-reactive ketones (excluding diaryl/α,β-unsaturated/α-hetero) is 1. The number of carbonyl (C=O) groups is 2. The van der Waals surface area contributed by atoms with Crippen LogP contribution in [0.15, 0.2) is 48.0 Å². The minimum absolute atomic E-state index is 0.0409. The second kappa shape index (κ2) is 10.7. The quantitative estimate of drug-likeness (QED) is 0.323. The number of ether oxygens (including phenoxy) is 1. The third-order valence-electron chi connectivity index (χ3n) is 5.80. The van der Waals surface area contributed by atoms with Gasteiger partial charge in [-0.3, -0.25) is 9.59 Å². The summed E-state index contributed by atoms with van der Waals surface area (Å²) in [5, 5.41) is 21.2. The molecule has 7 nitrogen and oxygen atoms in total. The number of rotatable bonds is 9. The molecular weight excluding hydrogens is 444 g/mol. The number of phenolic OH excluding ortho intramolecular Hbond substituents is 1. The van der Waals surface area contributed by atoms with Crippen LogP contribution in [0.2, 0.25) is 5.02 Å². The number of aliphatic hydroxyl groups excluding tert-OH is 1. The lowest BCUT2D eigenvalue weighted by Gasteiger charge is -2.28. The predicted octanol–water partition coefficient (Wildman–Crippen LogP) is 4.21. The zero-order chi connectivity index (χ0) is 24.1. The normalized spacial score (nSPS) is 17.7. The molecule has 8 heteroatoms. The summed E-state index contributed by atoms with van der Waals surface area (Å²) in [5.41, 5.74) is 0.777. The molecule has 3 rings (SSSR count). The van der Waals surface area contributed by atoms with Crippen molar-refractivity contribution in [3.05, 3.63) is 64.2 Å². The Hall–Kier alpha value is -3.03. The van der Waals surface area contributed by atoms with E-state index in [0.29, 0.717) is 31.0 Å². The third kappa shape index (κ3) is 5.15. The minimum atomic E-state index is -0.812. The van der Waals surface area contributed by atoms with Gasteiger partial charge in [-0.2, -0.15) is 0 Å². The van der Waals surface area contributed by atoms with Crippen LogP contribution in [-0.2, 0) is 9.59 Å². The molecule has 0 saturated carbocycles. The molecule has 0 bridgehead atoms. The highest BCUT2D eigenvalue weighted by atomic mass is 35.5. The number of amides is 1. The van der Waals surface area contributed by atoms with Gasteiger partial charge in [0.05, 0.1) is 23.2 Å².